The van der Waals surface area contributed by atoms with Crippen LogP contribution >= 0.6 is 7.26 Å². The zero-order valence-electron chi connectivity index (χ0n) is 58.0. The summed E-state index contributed by atoms with van der Waals surface area (Å²) in [5, 5.41) is 4.02. The summed E-state index contributed by atoms with van der Waals surface area (Å²) in [7, 11) is -2.53. The van der Waals surface area contributed by atoms with Crippen molar-refractivity contribution in [1.29, 1.82) is 0 Å². The van der Waals surface area contributed by atoms with Crippen LogP contribution in [-0.4, -0.2) is 19.8 Å². The molecule has 0 saturated heterocycles. The third-order valence-electron chi connectivity index (χ3n) is 19.1. The van der Waals surface area contributed by atoms with E-state index < -0.39 is 7.26 Å². The van der Waals surface area contributed by atoms with Gasteiger partial charge in [0.2, 0.25) is 0 Å². The number of hydrogen-bond acceptors (Lipinski definition) is 3. The van der Waals surface area contributed by atoms with Crippen LogP contribution in [0.5, 0.6) is 17.2 Å². The molecule has 4 heteroatoms. The number of hydrogen-bond donors (Lipinski definition) is 0. The fraction of sp³-hybridized carbons (Fsp3) is 0.647. The first-order chi connectivity index (χ1) is 44.2. The van der Waals surface area contributed by atoms with Gasteiger partial charge in [-0.1, -0.05) is 370 Å². The number of rotatable bonds is 60. The lowest BCUT2D eigenvalue weighted by Crippen LogP contribution is -2.35. The molecule has 5 aromatic carbocycles. The van der Waals surface area contributed by atoms with E-state index in [9.17, 15) is 0 Å². The van der Waals surface area contributed by atoms with Crippen molar-refractivity contribution in [3.63, 3.8) is 0 Å². The van der Waals surface area contributed by atoms with Crippen LogP contribution in [0.4, 0.5) is 0 Å². The van der Waals surface area contributed by atoms with Gasteiger partial charge in [0.1, 0.15) is 46.1 Å². The van der Waals surface area contributed by atoms with Crippen LogP contribution in [0.3, 0.4) is 0 Å². The SMILES string of the molecule is CCCCCCCCCCCCCCCCCCOc1ccc([P+](c2ccc(OCCCCCCCCCCCCCCCCCC)cc2)(c2ccc(OCCCCCCCCCCCCCCCCCC)cc2)C(c2ccccc2)c2ccccc2)cc1. The molecule has 0 fully saturated rings. The smallest absolute Gasteiger partial charge is 0.133 e. The van der Waals surface area contributed by atoms with Crippen molar-refractivity contribution in [3.05, 3.63) is 145 Å². The van der Waals surface area contributed by atoms with Gasteiger partial charge in [0.25, 0.3) is 0 Å². The standard InChI is InChI=1S/C85H134O3P/c1-4-7-10-13-16-19-22-25-28-31-34-37-40-43-46-55-74-86-79-62-68-82(69-63-79)89(85(77-58-51-49-52-59-77)78-60-53-50-54-61-78,83-70-64-80(65-71-83)87-75-56-47-44-41-38-35-32-29-26-23-20-17-14-11-8-5-2)84-72-66-81(67-73-84)88-76-57-48-45-42-39-36-33-30-27-24-21-18-15-12-9-6-3/h49-54,58-73,85H,4-48,55-57,74-76H2,1-3H3/q+1. The second-order valence-electron chi connectivity index (χ2n) is 26.9. The monoisotopic (exact) mass is 1230 g/mol. The Bertz CT molecular complexity index is 2080. The summed E-state index contributed by atoms with van der Waals surface area (Å²) in [6.07, 6.45) is 65.9. The van der Waals surface area contributed by atoms with E-state index in [4.69, 9.17) is 14.2 Å². The van der Waals surface area contributed by atoms with Gasteiger partial charge in [0.05, 0.1) is 19.8 Å². The quantitative estimate of drug-likeness (QED) is 0.0287. The van der Waals surface area contributed by atoms with E-state index in [1.165, 1.54) is 316 Å². The maximum atomic E-state index is 6.56. The van der Waals surface area contributed by atoms with Gasteiger partial charge in [-0.05, 0) is 103 Å². The summed E-state index contributed by atoms with van der Waals surface area (Å²) in [4.78, 5) is 0. The summed E-state index contributed by atoms with van der Waals surface area (Å²) < 4.78 is 19.7. The highest BCUT2D eigenvalue weighted by atomic mass is 31.2. The van der Waals surface area contributed by atoms with Crippen molar-refractivity contribution >= 4 is 23.2 Å². The van der Waals surface area contributed by atoms with Gasteiger partial charge >= 0.3 is 0 Å². The topological polar surface area (TPSA) is 27.7 Å². The third-order valence-corrected chi connectivity index (χ3v) is 23.9. The Labute approximate surface area is 550 Å². The molecule has 3 nitrogen and oxygen atoms in total. The Balaban J connectivity index is 1.21. The molecule has 0 aliphatic heterocycles. The Kier molecular flexibility index (Phi) is 44.6. The van der Waals surface area contributed by atoms with Gasteiger partial charge in [-0.25, -0.2) is 0 Å². The van der Waals surface area contributed by atoms with Gasteiger partial charge in [0, 0.05) is 0 Å². The highest BCUT2D eigenvalue weighted by molar-refractivity contribution is 7.96. The van der Waals surface area contributed by atoms with Crippen molar-refractivity contribution in [1.82, 2.24) is 0 Å². The molecule has 0 aliphatic rings. The highest BCUT2D eigenvalue weighted by Gasteiger charge is 2.54. The first-order valence-corrected chi connectivity index (χ1v) is 40.2. The molecular weight excluding hydrogens is 1100 g/mol. The van der Waals surface area contributed by atoms with Gasteiger partial charge in [-0.15, -0.1) is 0 Å². The maximum absolute atomic E-state index is 6.56. The minimum absolute atomic E-state index is 0.0514. The van der Waals surface area contributed by atoms with Crippen molar-refractivity contribution in [2.75, 3.05) is 19.8 Å². The molecule has 0 heterocycles. The highest BCUT2D eigenvalue weighted by Crippen LogP contribution is 2.69. The molecule has 0 saturated carbocycles. The van der Waals surface area contributed by atoms with E-state index in [1.807, 2.05) is 0 Å². The predicted molar refractivity (Wildman–Crippen MR) is 395 cm³/mol. The van der Waals surface area contributed by atoms with Crippen LogP contribution in [0.15, 0.2) is 133 Å². The number of unbranched alkanes of at least 4 members (excludes halogenated alkanes) is 45. The molecule has 0 aromatic heterocycles. The van der Waals surface area contributed by atoms with E-state index in [1.54, 1.807) is 0 Å². The van der Waals surface area contributed by atoms with Gasteiger partial charge in [-0.3, -0.25) is 0 Å². The lowest BCUT2D eigenvalue weighted by atomic mass is 10.0. The minimum atomic E-state index is -2.53. The molecule has 89 heavy (non-hydrogen) atoms. The Hall–Kier alpha value is -4.07. The summed E-state index contributed by atoms with van der Waals surface area (Å²) in [6, 6.07) is 50.6. The van der Waals surface area contributed by atoms with Crippen LogP contribution in [-0.2, 0) is 0 Å². The van der Waals surface area contributed by atoms with Crippen molar-refractivity contribution in [3.8, 4) is 17.2 Å². The maximum Gasteiger partial charge on any atom is 0.133 e. The van der Waals surface area contributed by atoms with Crippen molar-refractivity contribution in [2.45, 2.75) is 335 Å². The average molecular weight is 1230 g/mol. The van der Waals surface area contributed by atoms with E-state index in [-0.39, 0.29) is 5.66 Å². The molecule has 0 unspecified atom stereocenters. The molecular formula is C85H134O3P+. The summed E-state index contributed by atoms with van der Waals surface area (Å²) in [6.45, 7) is 9.20. The van der Waals surface area contributed by atoms with E-state index >= 15 is 0 Å². The second-order valence-corrected chi connectivity index (χ2v) is 30.4. The Morgan fingerprint density at radius 1 is 0.213 bits per heavy atom. The first kappa shape index (κ1) is 75.6. The van der Waals surface area contributed by atoms with E-state index in [0.717, 1.165) is 56.3 Å². The molecule has 0 amide bonds. The van der Waals surface area contributed by atoms with E-state index in [2.05, 4.69) is 154 Å². The molecule has 0 aliphatic carbocycles. The molecule has 5 rings (SSSR count). The second kappa shape index (κ2) is 52.4. The fourth-order valence-electron chi connectivity index (χ4n) is 13.7. The Morgan fingerprint density at radius 2 is 0.393 bits per heavy atom. The molecule has 0 radical (unpaired) electrons. The summed E-state index contributed by atoms with van der Waals surface area (Å²) in [5.74, 6) is 2.87. The summed E-state index contributed by atoms with van der Waals surface area (Å²) >= 11 is 0. The lowest BCUT2D eigenvalue weighted by molar-refractivity contribution is 0.304. The molecule has 496 valence electrons. The predicted octanol–water partition coefficient (Wildman–Crippen LogP) is 26.7. The zero-order chi connectivity index (χ0) is 62.4. The third kappa shape index (κ3) is 32.9. The first-order valence-electron chi connectivity index (χ1n) is 38.4. The largest absolute Gasteiger partial charge is 0.494 e. The van der Waals surface area contributed by atoms with Crippen LogP contribution in [0.2, 0.25) is 0 Å². The molecule has 0 atom stereocenters. The average Bonchev–Trinajstić information content (AvgIpc) is 0.759. The van der Waals surface area contributed by atoms with Crippen molar-refractivity contribution in [2.24, 2.45) is 0 Å². The van der Waals surface area contributed by atoms with Gasteiger partial charge < -0.3 is 14.2 Å². The van der Waals surface area contributed by atoms with E-state index in [0.29, 0.717) is 0 Å². The fourth-order valence-corrected chi connectivity index (χ4v) is 18.5. The number of benzene rings is 5. The molecule has 0 bridgehead atoms. The van der Waals surface area contributed by atoms with Crippen LogP contribution in [0.1, 0.15) is 346 Å². The van der Waals surface area contributed by atoms with Crippen molar-refractivity contribution < 1.29 is 14.2 Å². The summed E-state index contributed by atoms with van der Waals surface area (Å²) in [5.41, 5.74) is 2.70. The van der Waals surface area contributed by atoms with Crippen LogP contribution < -0.4 is 30.1 Å². The number of ether oxygens (including phenoxy) is 3. The normalized spacial score (nSPS) is 11.7. The molecule has 0 spiro atoms. The lowest BCUT2D eigenvalue weighted by Gasteiger charge is -2.35. The van der Waals surface area contributed by atoms with Crippen LogP contribution in [0, 0.1) is 0 Å². The molecule has 5 aromatic rings. The Morgan fingerprint density at radius 3 is 0.584 bits per heavy atom. The van der Waals surface area contributed by atoms with Gasteiger partial charge in [0.15, 0.2) is 0 Å². The van der Waals surface area contributed by atoms with Gasteiger partial charge in [-0.2, -0.15) is 0 Å². The minimum Gasteiger partial charge on any atom is -0.494 e. The van der Waals surface area contributed by atoms with Crippen LogP contribution in [0.25, 0.3) is 0 Å². The molecule has 0 N–H and O–H groups in total. The zero-order valence-corrected chi connectivity index (χ0v) is 58.9.